The van der Waals surface area contributed by atoms with Crippen molar-refractivity contribution in [2.24, 2.45) is 0 Å². The first-order valence-corrected chi connectivity index (χ1v) is 17.0. The highest BCUT2D eigenvalue weighted by Gasteiger charge is 2.38. The van der Waals surface area contributed by atoms with E-state index in [0.29, 0.717) is 29.9 Å². The number of esters is 1. The number of nitrogens with zero attached hydrogens (tertiary/aromatic N) is 4. The van der Waals surface area contributed by atoms with E-state index in [1.54, 1.807) is 57.0 Å². The molecule has 2 aliphatic rings. The van der Waals surface area contributed by atoms with Crippen LogP contribution in [0.2, 0.25) is 0 Å². The van der Waals surface area contributed by atoms with E-state index < -0.39 is 34.8 Å². The van der Waals surface area contributed by atoms with Crippen LogP contribution >= 0.6 is 0 Å². The molecule has 49 heavy (non-hydrogen) atoms. The summed E-state index contributed by atoms with van der Waals surface area (Å²) in [5, 5.41) is 0. The summed E-state index contributed by atoms with van der Waals surface area (Å²) in [6.45, 7) is 12.1. The van der Waals surface area contributed by atoms with Crippen LogP contribution in [0.5, 0.6) is 5.75 Å². The molecule has 2 saturated heterocycles. The fraction of sp³-hybridized carbons (Fsp3) is 0.541. The number of carbonyl (C=O) groups is 4. The second-order valence-electron chi connectivity index (χ2n) is 14.9. The molecule has 2 aromatic carbocycles. The Bertz CT molecular complexity index is 1770. The van der Waals surface area contributed by atoms with Crippen LogP contribution in [-0.2, 0) is 36.9 Å². The molecule has 5 rings (SSSR count). The fourth-order valence-electron chi connectivity index (χ4n) is 6.53. The fourth-order valence-corrected chi connectivity index (χ4v) is 6.53. The van der Waals surface area contributed by atoms with Crippen LogP contribution in [-0.4, -0.2) is 74.2 Å². The van der Waals surface area contributed by atoms with Crippen molar-refractivity contribution < 1.29 is 33.4 Å². The maximum atomic E-state index is 14.2. The summed E-state index contributed by atoms with van der Waals surface area (Å²) >= 11 is 0. The number of carbonyl (C=O) groups excluding carboxylic acids is 4. The van der Waals surface area contributed by atoms with Gasteiger partial charge in [0.15, 0.2) is 0 Å². The number of benzene rings is 2. The van der Waals surface area contributed by atoms with Crippen LogP contribution in [0.4, 0.5) is 4.79 Å². The molecule has 0 bridgehead atoms. The van der Waals surface area contributed by atoms with E-state index in [4.69, 9.17) is 14.2 Å². The monoisotopic (exact) mass is 676 g/mol. The summed E-state index contributed by atoms with van der Waals surface area (Å²) < 4.78 is 19.3. The number of methoxy groups -OCH3 is 1. The lowest BCUT2D eigenvalue weighted by Crippen LogP contribution is -2.47. The highest BCUT2D eigenvalue weighted by atomic mass is 16.6. The number of imide groups is 1. The number of fused-ring (bicyclic) bond motifs is 1. The quantitative estimate of drug-likeness (QED) is 0.225. The highest BCUT2D eigenvalue weighted by Crippen LogP contribution is 2.33. The Balaban J connectivity index is 1.45. The van der Waals surface area contributed by atoms with E-state index in [9.17, 15) is 24.0 Å². The maximum Gasteiger partial charge on any atom is 0.410 e. The summed E-state index contributed by atoms with van der Waals surface area (Å²) in [6, 6.07) is 12.0. The Hall–Kier alpha value is -4.61. The van der Waals surface area contributed by atoms with Gasteiger partial charge in [0.05, 0.1) is 31.1 Å². The SMILES string of the molecule is COc1ccc(CN2C(=O)CCC(n3c(=O)n(CCC(=O)OC(C)(C)C)c4cc(C5CCN(C(=O)OC(C)(C)C)CC5)ccc43)C2=O)cc1. The van der Waals surface area contributed by atoms with Gasteiger partial charge in [0.1, 0.15) is 23.0 Å². The second kappa shape index (κ2) is 14.1. The van der Waals surface area contributed by atoms with Gasteiger partial charge in [-0.3, -0.25) is 28.4 Å². The number of likely N-dealkylation sites (tertiary alicyclic amines) is 2. The van der Waals surface area contributed by atoms with E-state index in [1.165, 1.54) is 14.0 Å². The highest BCUT2D eigenvalue weighted by molar-refractivity contribution is 6.00. The minimum atomic E-state index is -0.892. The lowest BCUT2D eigenvalue weighted by atomic mass is 9.89. The molecule has 0 saturated carbocycles. The lowest BCUT2D eigenvalue weighted by Gasteiger charge is -2.33. The molecule has 12 nitrogen and oxygen atoms in total. The normalized spacial score (nSPS) is 17.8. The van der Waals surface area contributed by atoms with Crippen LogP contribution in [0.15, 0.2) is 47.3 Å². The average Bonchev–Trinajstić information content (AvgIpc) is 3.30. The molecule has 0 aliphatic carbocycles. The van der Waals surface area contributed by atoms with E-state index in [1.807, 2.05) is 39.0 Å². The van der Waals surface area contributed by atoms with Crippen molar-refractivity contribution in [3.63, 3.8) is 0 Å². The van der Waals surface area contributed by atoms with Gasteiger partial charge in [0, 0.05) is 26.1 Å². The van der Waals surface area contributed by atoms with Gasteiger partial charge in [-0.2, -0.15) is 0 Å². The molecule has 2 fully saturated rings. The van der Waals surface area contributed by atoms with Crippen molar-refractivity contribution in [3.8, 4) is 5.75 Å². The van der Waals surface area contributed by atoms with Gasteiger partial charge in [-0.15, -0.1) is 0 Å². The zero-order valence-electron chi connectivity index (χ0n) is 29.6. The molecule has 1 atom stereocenters. The molecule has 0 radical (unpaired) electrons. The molecular formula is C37H48N4O8. The topological polar surface area (TPSA) is 129 Å². The van der Waals surface area contributed by atoms with Gasteiger partial charge >= 0.3 is 17.8 Å². The molecule has 3 aromatic rings. The first-order valence-electron chi connectivity index (χ1n) is 17.0. The number of piperidine rings is 2. The Morgan fingerprint density at radius 1 is 0.837 bits per heavy atom. The van der Waals surface area contributed by atoms with Crippen LogP contribution in [0.3, 0.4) is 0 Å². The summed E-state index contributed by atoms with van der Waals surface area (Å²) in [5.74, 6) is -0.375. The third-order valence-electron chi connectivity index (χ3n) is 8.86. The van der Waals surface area contributed by atoms with Gasteiger partial charge in [0.2, 0.25) is 5.91 Å². The number of aryl methyl sites for hydroxylation is 1. The van der Waals surface area contributed by atoms with Crippen molar-refractivity contribution in [1.29, 1.82) is 0 Å². The third-order valence-corrected chi connectivity index (χ3v) is 8.86. The molecule has 3 heterocycles. The Kier molecular flexibility index (Phi) is 10.3. The Morgan fingerprint density at radius 2 is 1.49 bits per heavy atom. The molecule has 0 N–H and O–H groups in total. The van der Waals surface area contributed by atoms with E-state index in [2.05, 4.69) is 0 Å². The average molecular weight is 677 g/mol. The molecule has 0 spiro atoms. The summed E-state index contributed by atoms with van der Waals surface area (Å²) in [6.07, 6.45) is 1.38. The standard InChI is InChI=1S/C37H48N4O8/c1-36(2,3)48-32(43)18-21-39-30-22-26(25-16-19-38(20-17-25)35(46)49-37(4,5)6)10-13-28(30)41(34(39)45)29-14-15-31(42)40(33(29)44)23-24-8-11-27(47-7)12-9-24/h8-13,22,25,29H,14-21,23H2,1-7H3. The lowest BCUT2D eigenvalue weighted by molar-refractivity contribution is -0.155. The molecule has 1 unspecified atom stereocenters. The van der Waals surface area contributed by atoms with Crippen molar-refractivity contribution in [2.45, 2.75) is 110 Å². The van der Waals surface area contributed by atoms with Gasteiger partial charge in [-0.05, 0) is 102 Å². The van der Waals surface area contributed by atoms with Crippen LogP contribution in [0.1, 0.15) is 96.7 Å². The number of amides is 3. The predicted octanol–water partition coefficient (Wildman–Crippen LogP) is 5.55. The van der Waals surface area contributed by atoms with Gasteiger partial charge in [-0.25, -0.2) is 9.59 Å². The first kappa shape index (κ1) is 35.7. The number of ether oxygens (including phenoxy) is 3. The number of aromatic nitrogens is 2. The smallest absolute Gasteiger partial charge is 0.410 e. The zero-order chi connectivity index (χ0) is 35.7. The maximum absolute atomic E-state index is 14.2. The molecule has 3 amide bonds. The van der Waals surface area contributed by atoms with Gasteiger partial charge < -0.3 is 19.1 Å². The predicted molar refractivity (Wildman–Crippen MR) is 183 cm³/mol. The number of imidazole rings is 1. The zero-order valence-corrected chi connectivity index (χ0v) is 29.6. The summed E-state index contributed by atoms with van der Waals surface area (Å²) in [4.78, 5) is 69.5. The summed E-state index contributed by atoms with van der Waals surface area (Å²) in [7, 11) is 1.57. The molecular weight excluding hydrogens is 628 g/mol. The van der Waals surface area contributed by atoms with E-state index in [-0.39, 0.29) is 50.3 Å². The molecule has 1 aromatic heterocycles. The molecule has 264 valence electrons. The van der Waals surface area contributed by atoms with E-state index >= 15 is 0 Å². The second-order valence-corrected chi connectivity index (χ2v) is 14.9. The van der Waals surface area contributed by atoms with Crippen molar-refractivity contribution in [3.05, 3.63) is 64.1 Å². The van der Waals surface area contributed by atoms with Crippen molar-refractivity contribution in [1.82, 2.24) is 18.9 Å². The number of hydrogen-bond acceptors (Lipinski definition) is 8. The number of hydrogen-bond donors (Lipinski definition) is 0. The van der Waals surface area contributed by atoms with Crippen molar-refractivity contribution in [2.75, 3.05) is 20.2 Å². The molecule has 2 aliphatic heterocycles. The van der Waals surface area contributed by atoms with Crippen LogP contribution in [0, 0.1) is 0 Å². The van der Waals surface area contributed by atoms with Crippen LogP contribution < -0.4 is 10.4 Å². The largest absolute Gasteiger partial charge is 0.497 e. The van der Waals surface area contributed by atoms with Gasteiger partial charge in [-0.1, -0.05) is 18.2 Å². The molecule has 12 heteroatoms. The Labute approximate surface area is 286 Å². The number of rotatable bonds is 8. The Morgan fingerprint density at radius 3 is 2.10 bits per heavy atom. The van der Waals surface area contributed by atoms with Gasteiger partial charge in [0.25, 0.3) is 5.91 Å². The third kappa shape index (κ3) is 8.34. The minimum Gasteiger partial charge on any atom is -0.497 e. The van der Waals surface area contributed by atoms with Crippen LogP contribution in [0.25, 0.3) is 11.0 Å². The van der Waals surface area contributed by atoms with Crippen molar-refractivity contribution >= 4 is 34.9 Å². The summed E-state index contributed by atoms with van der Waals surface area (Å²) in [5.41, 5.74) is 1.25. The first-order chi connectivity index (χ1) is 23.0. The van der Waals surface area contributed by atoms with E-state index in [0.717, 1.165) is 24.0 Å². The minimum absolute atomic E-state index is 0.0323.